The van der Waals surface area contributed by atoms with Crippen LogP contribution in [0, 0.1) is 11.8 Å². The summed E-state index contributed by atoms with van der Waals surface area (Å²) < 4.78 is 1.65. The van der Waals surface area contributed by atoms with Gasteiger partial charge in [0.2, 0.25) is 5.91 Å². The fourth-order valence-corrected chi connectivity index (χ4v) is 1.33. The molecule has 1 amide bonds. The summed E-state index contributed by atoms with van der Waals surface area (Å²) in [6.07, 6.45) is 1.82. The van der Waals surface area contributed by atoms with Gasteiger partial charge in [0.05, 0.1) is 0 Å². The molecule has 0 aliphatic rings. The van der Waals surface area contributed by atoms with Gasteiger partial charge in [-0.05, 0) is 5.92 Å². The second kappa shape index (κ2) is 5.12. The van der Waals surface area contributed by atoms with E-state index in [0.717, 1.165) is 5.56 Å². The Labute approximate surface area is 96.0 Å². The molecule has 1 unspecified atom stereocenters. The van der Waals surface area contributed by atoms with Crippen LogP contribution in [-0.2, 0) is 18.4 Å². The van der Waals surface area contributed by atoms with Crippen LogP contribution in [0.3, 0.4) is 0 Å². The lowest BCUT2D eigenvalue weighted by Gasteiger charge is -2.14. The Kier molecular flexibility index (Phi) is 4.06. The molecule has 0 aliphatic heterocycles. The highest BCUT2D eigenvalue weighted by atomic mass is 16.2. The standard InChI is InChI=1S/C11H20N4O/c1-7(2)8(3)11(16)13-10-9(5-12)6-15(4)14-10/h6-8H,5,12H2,1-4H3,(H,13,14,16). The van der Waals surface area contributed by atoms with E-state index in [4.69, 9.17) is 5.73 Å². The van der Waals surface area contributed by atoms with Gasteiger partial charge in [-0.15, -0.1) is 0 Å². The van der Waals surface area contributed by atoms with Crippen molar-refractivity contribution in [2.24, 2.45) is 24.6 Å². The van der Waals surface area contributed by atoms with Gasteiger partial charge in [0.1, 0.15) is 0 Å². The minimum atomic E-state index is -0.0346. The van der Waals surface area contributed by atoms with Crippen molar-refractivity contribution in [3.05, 3.63) is 11.8 Å². The first-order valence-corrected chi connectivity index (χ1v) is 5.49. The Bertz CT molecular complexity index is 370. The number of nitrogens with one attached hydrogen (secondary N) is 1. The van der Waals surface area contributed by atoms with Gasteiger partial charge in [0, 0.05) is 31.3 Å². The molecule has 3 N–H and O–H groups in total. The number of aryl methyl sites for hydroxylation is 1. The molecule has 0 bridgehead atoms. The summed E-state index contributed by atoms with van der Waals surface area (Å²) in [5.74, 6) is 0.837. The van der Waals surface area contributed by atoms with E-state index in [9.17, 15) is 4.79 Å². The van der Waals surface area contributed by atoms with Gasteiger partial charge < -0.3 is 11.1 Å². The molecule has 1 atom stereocenters. The van der Waals surface area contributed by atoms with Crippen molar-refractivity contribution >= 4 is 11.7 Å². The van der Waals surface area contributed by atoms with Crippen LogP contribution in [0.1, 0.15) is 26.3 Å². The number of aromatic nitrogens is 2. The van der Waals surface area contributed by atoms with E-state index in [1.807, 2.05) is 27.0 Å². The van der Waals surface area contributed by atoms with E-state index in [-0.39, 0.29) is 11.8 Å². The lowest BCUT2D eigenvalue weighted by Crippen LogP contribution is -2.25. The van der Waals surface area contributed by atoms with Crippen LogP contribution < -0.4 is 11.1 Å². The summed E-state index contributed by atoms with van der Waals surface area (Å²) in [6.45, 7) is 6.32. The first-order chi connectivity index (χ1) is 7.45. The highest BCUT2D eigenvalue weighted by Crippen LogP contribution is 2.16. The number of carbonyl (C=O) groups is 1. The molecule has 1 aromatic rings. The van der Waals surface area contributed by atoms with Crippen LogP contribution in [0.25, 0.3) is 0 Å². The third-order valence-corrected chi connectivity index (χ3v) is 2.78. The Morgan fingerprint density at radius 3 is 2.69 bits per heavy atom. The van der Waals surface area contributed by atoms with Crippen LogP contribution in [0.4, 0.5) is 5.82 Å². The Balaban J connectivity index is 2.76. The molecule has 0 saturated carbocycles. The van der Waals surface area contributed by atoms with Crippen molar-refractivity contribution in [3.63, 3.8) is 0 Å². The van der Waals surface area contributed by atoms with Crippen molar-refractivity contribution < 1.29 is 4.79 Å². The third-order valence-electron chi connectivity index (χ3n) is 2.78. The summed E-state index contributed by atoms with van der Waals surface area (Å²) in [5, 5.41) is 6.98. The fraction of sp³-hybridized carbons (Fsp3) is 0.636. The number of nitrogens with two attached hydrogens (primary N) is 1. The summed E-state index contributed by atoms with van der Waals surface area (Å²) in [5.41, 5.74) is 6.42. The van der Waals surface area contributed by atoms with Crippen molar-refractivity contribution in [1.82, 2.24) is 9.78 Å². The second-order valence-electron chi connectivity index (χ2n) is 4.40. The molecule has 0 radical (unpaired) electrons. The van der Waals surface area contributed by atoms with Gasteiger partial charge in [-0.2, -0.15) is 5.10 Å². The average molecular weight is 224 g/mol. The van der Waals surface area contributed by atoms with Crippen LogP contribution in [0.5, 0.6) is 0 Å². The second-order valence-corrected chi connectivity index (χ2v) is 4.40. The molecule has 0 aliphatic carbocycles. The largest absolute Gasteiger partial charge is 0.326 e. The normalized spacial score (nSPS) is 12.9. The fourth-order valence-electron chi connectivity index (χ4n) is 1.33. The number of amides is 1. The van der Waals surface area contributed by atoms with E-state index in [1.54, 1.807) is 11.7 Å². The number of hydrogen-bond acceptors (Lipinski definition) is 3. The molecule has 90 valence electrons. The molecular formula is C11H20N4O. The van der Waals surface area contributed by atoms with Crippen molar-refractivity contribution in [2.45, 2.75) is 27.3 Å². The Hall–Kier alpha value is -1.36. The van der Waals surface area contributed by atoms with Crippen LogP contribution in [-0.4, -0.2) is 15.7 Å². The van der Waals surface area contributed by atoms with E-state index in [2.05, 4.69) is 10.4 Å². The monoisotopic (exact) mass is 224 g/mol. The first-order valence-electron chi connectivity index (χ1n) is 5.49. The maximum atomic E-state index is 11.8. The quantitative estimate of drug-likeness (QED) is 0.804. The lowest BCUT2D eigenvalue weighted by atomic mass is 9.97. The first kappa shape index (κ1) is 12.7. The lowest BCUT2D eigenvalue weighted by molar-refractivity contribution is -0.120. The molecule has 1 rings (SSSR count). The number of rotatable bonds is 4. The summed E-state index contributed by atoms with van der Waals surface area (Å²) in [6, 6.07) is 0. The maximum Gasteiger partial charge on any atom is 0.228 e. The van der Waals surface area contributed by atoms with Crippen molar-refractivity contribution in [1.29, 1.82) is 0 Å². The molecule has 0 saturated heterocycles. The topological polar surface area (TPSA) is 72.9 Å². The van der Waals surface area contributed by atoms with Gasteiger partial charge in [-0.1, -0.05) is 20.8 Å². The minimum absolute atomic E-state index is 0.0107. The molecule has 0 fully saturated rings. The van der Waals surface area contributed by atoms with Gasteiger partial charge in [0.15, 0.2) is 5.82 Å². The highest BCUT2D eigenvalue weighted by Gasteiger charge is 2.18. The smallest absolute Gasteiger partial charge is 0.228 e. The molecular weight excluding hydrogens is 204 g/mol. The molecule has 0 spiro atoms. The SMILES string of the molecule is CC(C)C(C)C(=O)Nc1nn(C)cc1CN. The molecule has 1 heterocycles. The van der Waals surface area contributed by atoms with Crippen LogP contribution in [0.2, 0.25) is 0 Å². The number of anilines is 1. The van der Waals surface area contributed by atoms with Crippen molar-refractivity contribution in [3.8, 4) is 0 Å². The van der Waals surface area contributed by atoms with Crippen LogP contribution in [0.15, 0.2) is 6.20 Å². The zero-order chi connectivity index (χ0) is 12.3. The van der Waals surface area contributed by atoms with Gasteiger partial charge in [0.25, 0.3) is 0 Å². The van der Waals surface area contributed by atoms with E-state index in [0.29, 0.717) is 18.3 Å². The summed E-state index contributed by atoms with van der Waals surface area (Å²) in [4.78, 5) is 11.8. The van der Waals surface area contributed by atoms with Gasteiger partial charge in [-0.25, -0.2) is 0 Å². The highest BCUT2D eigenvalue weighted by molar-refractivity contribution is 5.92. The molecule has 5 nitrogen and oxygen atoms in total. The van der Waals surface area contributed by atoms with Crippen LogP contribution >= 0.6 is 0 Å². The van der Waals surface area contributed by atoms with E-state index < -0.39 is 0 Å². The average Bonchev–Trinajstić information content (AvgIpc) is 2.57. The number of hydrogen-bond donors (Lipinski definition) is 2. The zero-order valence-corrected chi connectivity index (χ0v) is 10.3. The summed E-state index contributed by atoms with van der Waals surface area (Å²) >= 11 is 0. The predicted octanol–water partition coefficient (Wildman–Crippen LogP) is 1.11. The van der Waals surface area contributed by atoms with Gasteiger partial charge >= 0.3 is 0 Å². The maximum absolute atomic E-state index is 11.8. The molecule has 1 aromatic heterocycles. The van der Waals surface area contributed by atoms with Gasteiger partial charge in [-0.3, -0.25) is 9.48 Å². The minimum Gasteiger partial charge on any atom is -0.326 e. The third kappa shape index (κ3) is 2.82. The van der Waals surface area contributed by atoms with E-state index in [1.165, 1.54) is 0 Å². The molecule has 0 aromatic carbocycles. The molecule has 5 heteroatoms. The Morgan fingerprint density at radius 1 is 1.56 bits per heavy atom. The van der Waals surface area contributed by atoms with E-state index >= 15 is 0 Å². The number of carbonyl (C=O) groups excluding carboxylic acids is 1. The van der Waals surface area contributed by atoms with Crippen molar-refractivity contribution in [2.75, 3.05) is 5.32 Å². The Morgan fingerprint density at radius 2 is 2.19 bits per heavy atom. The predicted molar refractivity (Wildman–Crippen MR) is 63.7 cm³/mol. The number of nitrogens with zero attached hydrogens (tertiary/aromatic N) is 2. The zero-order valence-electron chi connectivity index (χ0n) is 10.3. The summed E-state index contributed by atoms with van der Waals surface area (Å²) in [7, 11) is 1.81. The molecule has 16 heavy (non-hydrogen) atoms.